The van der Waals surface area contributed by atoms with Gasteiger partial charge in [-0.3, -0.25) is 9.80 Å². The van der Waals surface area contributed by atoms with Crippen molar-refractivity contribution in [3.63, 3.8) is 0 Å². The van der Waals surface area contributed by atoms with E-state index >= 15 is 0 Å². The SMILES string of the molecule is Nc1cc(O)c(CN2CCOCC2)cc1CN1CCOCC1. The Bertz CT molecular complexity index is 456. The van der Waals surface area contributed by atoms with Crippen molar-refractivity contribution in [1.29, 1.82) is 0 Å². The largest absolute Gasteiger partial charge is 0.508 e. The van der Waals surface area contributed by atoms with E-state index in [-0.39, 0.29) is 5.75 Å². The van der Waals surface area contributed by atoms with Crippen molar-refractivity contribution in [2.45, 2.75) is 13.1 Å². The molecule has 0 saturated carbocycles. The molecule has 0 amide bonds. The van der Waals surface area contributed by atoms with Gasteiger partial charge < -0.3 is 20.3 Å². The van der Waals surface area contributed by atoms with Crippen molar-refractivity contribution in [1.82, 2.24) is 9.80 Å². The fraction of sp³-hybridized carbons (Fsp3) is 0.625. The van der Waals surface area contributed by atoms with Crippen LogP contribution in [0.1, 0.15) is 11.1 Å². The van der Waals surface area contributed by atoms with Gasteiger partial charge in [0.05, 0.1) is 26.4 Å². The van der Waals surface area contributed by atoms with Crippen LogP contribution < -0.4 is 5.73 Å². The number of nitrogens with two attached hydrogens (primary N) is 1. The number of aromatic hydroxyl groups is 1. The second-order valence-corrected chi connectivity index (χ2v) is 5.96. The zero-order chi connectivity index (χ0) is 15.4. The quantitative estimate of drug-likeness (QED) is 0.796. The third-order valence-corrected chi connectivity index (χ3v) is 4.34. The fourth-order valence-electron chi connectivity index (χ4n) is 2.96. The molecule has 3 N–H and O–H groups in total. The van der Waals surface area contributed by atoms with Crippen molar-refractivity contribution in [3.05, 3.63) is 23.3 Å². The summed E-state index contributed by atoms with van der Waals surface area (Å²) in [5, 5.41) is 10.2. The number of benzene rings is 1. The van der Waals surface area contributed by atoms with E-state index in [1.807, 2.05) is 0 Å². The Morgan fingerprint density at radius 3 is 1.91 bits per heavy atom. The molecule has 6 heteroatoms. The predicted octanol–water partition coefficient (Wildman–Crippen LogP) is 0.639. The molecule has 1 aromatic carbocycles. The number of hydrogen-bond donors (Lipinski definition) is 2. The minimum atomic E-state index is 0.287. The fourth-order valence-corrected chi connectivity index (χ4v) is 2.96. The molecule has 0 radical (unpaired) electrons. The molecule has 6 nitrogen and oxygen atoms in total. The molecule has 2 heterocycles. The van der Waals surface area contributed by atoms with Crippen molar-refractivity contribution >= 4 is 5.69 Å². The van der Waals surface area contributed by atoms with Gasteiger partial charge in [0, 0.05) is 56.6 Å². The van der Waals surface area contributed by atoms with Crippen LogP contribution >= 0.6 is 0 Å². The topological polar surface area (TPSA) is 71.2 Å². The third kappa shape index (κ3) is 3.89. The number of rotatable bonds is 4. The normalized spacial score (nSPS) is 21.1. The second kappa shape index (κ2) is 7.28. The lowest BCUT2D eigenvalue weighted by atomic mass is 10.1. The van der Waals surface area contributed by atoms with Gasteiger partial charge in [0.1, 0.15) is 5.75 Å². The lowest BCUT2D eigenvalue weighted by Crippen LogP contribution is -2.36. The summed E-state index contributed by atoms with van der Waals surface area (Å²) in [7, 11) is 0. The maximum absolute atomic E-state index is 10.2. The van der Waals surface area contributed by atoms with Gasteiger partial charge in [-0.05, 0) is 11.6 Å². The van der Waals surface area contributed by atoms with Gasteiger partial charge in [-0.2, -0.15) is 0 Å². The summed E-state index contributed by atoms with van der Waals surface area (Å²) < 4.78 is 10.7. The Kier molecular flexibility index (Phi) is 5.15. The lowest BCUT2D eigenvalue weighted by Gasteiger charge is -2.29. The van der Waals surface area contributed by atoms with Crippen LogP contribution in [0.5, 0.6) is 5.75 Å². The summed E-state index contributed by atoms with van der Waals surface area (Å²) >= 11 is 0. The maximum Gasteiger partial charge on any atom is 0.122 e. The van der Waals surface area contributed by atoms with E-state index in [0.29, 0.717) is 5.69 Å². The Hall–Kier alpha value is -1.34. The van der Waals surface area contributed by atoms with E-state index < -0.39 is 0 Å². The molecule has 0 aromatic heterocycles. The third-order valence-electron chi connectivity index (χ3n) is 4.34. The van der Waals surface area contributed by atoms with E-state index in [4.69, 9.17) is 15.2 Å². The summed E-state index contributed by atoms with van der Waals surface area (Å²) in [5.74, 6) is 0.287. The number of ether oxygens (including phenoxy) is 2. The molecule has 0 unspecified atom stereocenters. The number of nitrogens with zero attached hydrogens (tertiary/aromatic N) is 2. The summed E-state index contributed by atoms with van der Waals surface area (Å²) in [5.41, 5.74) is 8.78. The molecular formula is C16H25N3O3. The molecule has 1 aromatic rings. The van der Waals surface area contributed by atoms with Gasteiger partial charge in [0.25, 0.3) is 0 Å². The average molecular weight is 307 g/mol. The average Bonchev–Trinajstić information content (AvgIpc) is 2.54. The van der Waals surface area contributed by atoms with Crippen molar-refractivity contribution in [2.75, 3.05) is 58.3 Å². The van der Waals surface area contributed by atoms with Gasteiger partial charge >= 0.3 is 0 Å². The number of phenols is 1. The molecule has 0 aliphatic carbocycles. The number of anilines is 1. The van der Waals surface area contributed by atoms with Crippen LogP contribution in [0.3, 0.4) is 0 Å². The first-order chi connectivity index (χ1) is 10.7. The highest BCUT2D eigenvalue weighted by Gasteiger charge is 2.17. The van der Waals surface area contributed by atoms with E-state index in [1.54, 1.807) is 6.07 Å². The Morgan fingerprint density at radius 1 is 0.864 bits per heavy atom. The van der Waals surface area contributed by atoms with Gasteiger partial charge in [0.2, 0.25) is 0 Å². The first-order valence-corrected chi connectivity index (χ1v) is 7.93. The molecule has 3 rings (SSSR count). The standard InChI is InChI=1S/C16H25N3O3/c17-15-10-16(20)14(12-19-3-7-22-8-4-19)9-13(15)11-18-1-5-21-6-2-18/h9-10,20H,1-8,11-12,17H2. The van der Waals surface area contributed by atoms with Crippen LogP contribution in [-0.4, -0.2) is 67.5 Å². The van der Waals surface area contributed by atoms with Crippen LogP contribution in [0, 0.1) is 0 Å². The van der Waals surface area contributed by atoms with Gasteiger partial charge in [-0.15, -0.1) is 0 Å². The van der Waals surface area contributed by atoms with Crippen LogP contribution in [-0.2, 0) is 22.6 Å². The zero-order valence-corrected chi connectivity index (χ0v) is 13.0. The van der Waals surface area contributed by atoms with Gasteiger partial charge in [-0.25, -0.2) is 0 Å². The Labute approximate surface area is 131 Å². The highest BCUT2D eigenvalue weighted by molar-refractivity contribution is 5.54. The van der Waals surface area contributed by atoms with E-state index in [1.165, 1.54) is 0 Å². The summed E-state index contributed by atoms with van der Waals surface area (Å²) in [4.78, 5) is 4.64. The molecule has 0 spiro atoms. The molecule has 2 aliphatic heterocycles. The smallest absolute Gasteiger partial charge is 0.122 e. The van der Waals surface area contributed by atoms with Crippen molar-refractivity contribution in [3.8, 4) is 5.75 Å². The molecule has 2 fully saturated rings. The highest BCUT2D eigenvalue weighted by Crippen LogP contribution is 2.27. The Balaban J connectivity index is 1.70. The monoisotopic (exact) mass is 307 g/mol. The first kappa shape index (κ1) is 15.6. The van der Waals surface area contributed by atoms with Crippen LogP contribution in [0.25, 0.3) is 0 Å². The minimum absolute atomic E-state index is 0.287. The summed E-state index contributed by atoms with van der Waals surface area (Å²) in [6.45, 7) is 8.30. The van der Waals surface area contributed by atoms with Crippen molar-refractivity contribution in [2.24, 2.45) is 0 Å². The number of phenolic OH excluding ortho intramolecular Hbond substituents is 1. The number of hydrogen-bond acceptors (Lipinski definition) is 6. The van der Waals surface area contributed by atoms with Crippen LogP contribution in [0.15, 0.2) is 12.1 Å². The predicted molar refractivity (Wildman–Crippen MR) is 84.7 cm³/mol. The number of morpholine rings is 2. The van der Waals surface area contributed by atoms with Gasteiger partial charge in [0.15, 0.2) is 0 Å². The summed E-state index contributed by atoms with van der Waals surface area (Å²) in [6.07, 6.45) is 0. The van der Waals surface area contributed by atoms with Crippen LogP contribution in [0.4, 0.5) is 5.69 Å². The molecule has 2 saturated heterocycles. The highest BCUT2D eigenvalue weighted by atomic mass is 16.5. The molecular weight excluding hydrogens is 282 g/mol. The van der Waals surface area contributed by atoms with Crippen molar-refractivity contribution < 1.29 is 14.6 Å². The molecule has 0 bridgehead atoms. The van der Waals surface area contributed by atoms with Crippen LogP contribution in [0.2, 0.25) is 0 Å². The zero-order valence-electron chi connectivity index (χ0n) is 13.0. The minimum Gasteiger partial charge on any atom is -0.508 e. The maximum atomic E-state index is 10.2. The lowest BCUT2D eigenvalue weighted by molar-refractivity contribution is 0.0332. The van der Waals surface area contributed by atoms with E-state index in [0.717, 1.165) is 76.8 Å². The van der Waals surface area contributed by atoms with E-state index in [2.05, 4.69) is 15.9 Å². The Morgan fingerprint density at radius 2 is 1.36 bits per heavy atom. The van der Waals surface area contributed by atoms with E-state index in [9.17, 15) is 5.11 Å². The second-order valence-electron chi connectivity index (χ2n) is 5.96. The van der Waals surface area contributed by atoms with Gasteiger partial charge in [-0.1, -0.05) is 0 Å². The molecule has 22 heavy (non-hydrogen) atoms. The molecule has 2 aliphatic rings. The molecule has 0 atom stereocenters. The first-order valence-electron chi connectivity index (χ1n) is 7.93. The number of nitrogen functional groups attached to an aromatic ring is 1. The summed E-state index contributed by atoms with van der Waals surface area (Å²) in [6, 6.07) is 3.74. The molecule has 122 valence electrons.